The summed E-state index contributed by atoms with van der Waals surface area (Å²) in [6, 6.07) is 3.88. The van der Waals surface area contributed by atoms with Gasteiger partial charge in [-0.3, -0.25) is 15.5 Å². The first-order valence-electron chi connectivity index (χ1n) is 8.48. The molecule has 25 heavy (non-hydrogen) atoms. The molecule has 2 rings (SSSR count). The van der Waals surface area contributed by atoms with Gasteiger partial charge in [0.1, 0.15) is 5.69 Å². The molecule has 1 aromatic carbocycles. The fourth-order valence-corrected chi connectivity index (χ4v) is 4.24. The van der Waals surface area contributed by atoms with Crippen LogP contribution in [0.15, 0.2) is 28.2 Å². The van der Waals surface area contributed by atoms with E-state index in [0.717, 1.165) is 31.7 Å². The van der Waals surface area contributed by atoms with E-state index < -0.39 is 14.9 Å². The van der Waals surface area contributed by atoms with Crippen molar-refractivity contribution in [2.24, 2.45) is 11.0 Å². The standard InChI is InChI=1S/C16H24N4O4S/c1-3-13(4-2)12-17-18-15-8-7-14(11-16(15)20(21)22)25(23,24)19-9-5-6-10-19/h7-8,11-13,18H,3-6,9-10H2,1-2H3/b17-12-. The van der Waals surface area contributed by atoms with E-state index in [9.17, 15) is 18.5 Å². The minimum Gasteiger partial charge on any atom is -0.272 e. The SMILES string of the molecule is CCC(/C=N\Nc1ccc(S(=O)(=O)N2CCCC2)cc1[N+](=O)[O-])CC. The van der Waals surface area contributed by atoms with E-state index in [1.165, 1.54) is 16.4 Å². The Morgan fingerprint density at radius 3 is 2.52 bits per heavy atom. The summed E-state index contributed by atoms with van der Waals surface area (Å²) in [7, 11) is -3.69. The van der Waals surface area contributed by atoms with Gasteiger partial charge in [-0.05, 0) is 43.7 Å². The Hall–Kier alpha value is -2.00. The summed E-state index contributed by atoms with van der Waals surface area (Å²) in [5.74, 6) is 0.293. The Morgan fingerprint density at radius 1 is 1.32 bits per heavy atom. The maximum Gasteiger partial charge on any atom is 0.295 e. The van der Waals surface area contributed by atoms with E-state index in [0.29, 0.717) is 19.0 Å². The van der Waals surface area contributed by atoms with Crippen molar-refractivity contribution < 1.29 is 13.3 Å². The van der Waals surface area contributed by atoms with E-state index >= 15 is 0 Å². The van der Waals surface area contributed by atoms with Gasteiger partial charge in [-0.25, -0.2) is 8.42 Å². The van der Waals surface area contributed by atoms with E-state index in [4.69, 9.17) is 0 Å². The Labute approximate surface area is 148 Å². The minimum atomic E-state index is -3.69. The molecule has 1 N–H and O–H groups in total. The van der Waals surface area contributed by atoms with Crippen LogP contribution in [-0.2, 0) is 10.0 Å². The van der Waals surface area contributed by atoms with Gasteiger partial charge in [-0.15, -0.1) is 0 Å². The second-order valence-electron chi connectivity index (χ2n) is 6.01. The normalized spacial score (nSPS) is 16.0. The molecule has 0 amide bonds. The zero-order chi connectivity index (χ0) is 18.4. The molecule has 1 aliphatic heterocycles. The lowest BCUT2D eigenvalue weighted by Gasteiger charge is -2.15. The van der Waals surface area contributed by atoms with E-state index in [1.807, 2.05) is 13.8 Å². The predicted octanol–water partition coefficient (Wildman–Crippen LogP) is 3.21. The van der Waals surface area contributed by atoms with Crippen LogP contribution in [0.4, 0.5) is 11.4 Å². The van der Waals surface area contributed by atoms with Gasteiger partial charge in [0.15, 0.2) is 0 Å². The highest BCUT2D eigenvalue weighted by Crippen LogP contribution is 2.30. The second kappa shape index (κ2) is 8.39. The Balaban J connectivity index is 2.27. The molecule has 0 atom stereocenters. The molecule has 1 heterocycles. The lowest BCUT2D eigenvalue weighted by atomic mass is 10.1. The molecule has 0 spiro atoms. The number of benzene rings is 1. The van der Waals surface area contributed by atoms with Crippen LogP contribution >= 0.6 is 0 Å². The third-order valence-electron chi connectivity index (χ3n) is 4.39. The number of nitro groups is 1. The molecular weight excluding hydrogens is 344 g/mol. The summed E-state index contributed by atoms with van der Waals surface area (Å²) in [5, 5.41) is 15.4. The van der Waals surface area contributed by atoms with Gasteiger partial charge < -0.3 is 0 Å². The van der Waals surface area contributed by atoms with Gasteiger partial charge >= 0.3 is 0 Å². The zero-order valence-corrected chi connectivity index (χ0v) is 15.3. The number of sulfonamides is 1. The van der Waals surface area contributed by atoms with Crippen molar-refractivity contribution in [2.75, 3.05) is 18.5 Å². The molecule has 0 radical (unpaired) electrons. The van der Waals surface area contributed by atoms with Crippen molar-refractivity contribution in [2.45, 2.75) is 44.4 Å². The molecule has 9 heteroatoms. The molecule has 0 aromatic heterocycles. The molecule has 0 bridgehead atoms. The number of hydrazone groups is 1. The van der Waals surface area contributed by atoms with Gasteiger partial charge in [0, 0.05) is 25.4 Å². The largest absolute Gasteiger partial charge is 0.295 e. The molecule has 1 aliphatic rings. The molecule has 0 aliphatic carbocycles. The van der Waals surface area contributed by atoms with E-state index in [-0.39, 0.29) is 16.3 Å². The number of rotatable bonds is 8. The summed E-state index contributed by atoms with van der Waals surface area (Å²) in [4.78, 5) is 10.7. The van der Waals surface area contributed by atoms with Gasteiger partial charge in [0.2, 0.25) is 10.0 Å². The third kappa shape index (κ3) is 4.55. The summed E-state index contributed by atoms with van der Waals surface area (Å²) in [6.07, 6.45) is 5.20. The number of nitro benzene ring substituents is 1. The molecular formula is C16H24N4O4S. The molecule has 0 saturated carbocycles. The Morgan fingerprint density at radius 2 is 1.96 bits per heavy atom. The molecule has 1 aromatic rings. The molecule has 1 fully saturated rings. The highest BCUT2D eigenvalue weighted by atomic mass is 32.2. The highest BCUT2D eigenvalue weighted by Gasteiger charge is 2.29. The van der Waals surface area contributed by atoms with Gasteiger partial charge in [0.05, 0.1) is 9.82 Å². The van der Waals surface area contributed by atoms with E-state index in [2.05, 4.69) is 10.5 Å². The van der Waals surface area contributed by atoms with Crippen LogP contribution < -0.4 is 5.43 Å². The summed E-state index contributed by atoms with van der Waals surface area (Å²) in [6.45, 7) is 4.99. The lowest BCUT2D eigenvalue weighted by molar-refractivity contribution is -0.384. The van der Waals surface area contributed by atoms with Crippen molar-refractivity contribution >= 4 is 27.6 Å². The topological polar surface area (TPSA) is 105 Å². The number of hydrogen-bond donors (Lipinski definition) is 1. The third-order valence-corrected chi connectivity index (χ3v) is 6.28. The maximum absolute atomic E-state index is 12.6. The van der Waals surface area contributed by atoms with Crippen molar-refractivity contribution in [3.8, 4) is 0 Å². The van der Waals surface area contributed by atoms with Gasteiger partial charge in [-0.1, -0.05) is 13.8 Å². The van der Waals surface area contributed by atoms with Crippen molar-refractivity contribution in [1.82, 2.24) is 4.31 Å². The van der Waals surface area contributed by atoms with Crippen LogP contribution in [0.2, 0.25) is 0 Å². The summed E-state index contributed by atoms with van der Waals surface area (Å²) in [5.41, 5.74) is 2.53. The van der Waals surface area contributed by atoms with Crippen LogP contribution in [0, 0.1) is 16.0 Å². The molecule has 8 nitrogen and oxygen atoms in total. The van der Waals surface area contributed by atoms with Crippen LogP contribution in [0.25, 0.3) is 0 Å². The smallest absolute Gasteiger partial charge is 0.272 e. The van der Waals surface area contributed by atoms with Crippen LogP contribution in [0.1, 0.15) is 39.5 Å². The zero-order valence-electron chi connectivity index (χ0n) is 14.5. The summed E-state index contributed by atoms with van der Waals surface area (Å²) < 4.78 is 26.5. The van der Waals surface area contributed by atoms with Crippen molar-refractivity contribution in [3.63, 3.8) is 0 Å². The predicted molar refractivity (Wildman–Crippen MR) is 97.3 cm³/mol. The summed E-state index contributed by atoms with van der Waals surface area (Å²) >= 11 is 0. The highest BCUT2D eigenvalue weighted by molar-refractivity contribution is 7.89. The lowest BCUT2D eigenvalue weighted by Crippen LogP contribution is -2.27. The first kappa shape index (κ1) is 19.3. The molecule has 0 unspecified atom stereocenters. The number of hydrogen-bond acceptors (Lipinski definition) is 6. The number of nitrogens with zero attached hydrogens (tertiary/aromatic N) is 3. The average Bonchev–Trinajstić information content (AvgIpc) is 3.14. The Kier molecular flexibility index (Phi) is 6.49. The van der Waals surface area contributed by atoms with Crippen LogP contribution in [-0.4, -0.2) is 37.0 Å². The minimum absolute atomic E-state index is 0.0596. The number of anilines is 1. The van der Waals surface area contributed by atoms with Gasteiger partial charge in [0.25, 0.3) is 5.69 Å². The second-order valence-corrected chi connectivity index (χ2v) is 7.95. The van der Waals surface area contributed by atoms with Crippen molar-refractivity contribution in [1.29, 1.82) is 0 Å². The average molecular weight is 368 g/mol. The van der Waals surface area contributed by atoms with Crippen molar-refractivity contribution in [3.05, 3.63) is 28.3 Å². The first-order chi connectivity index (χ1) is 11.9. The van der Waals surface area contributed by atoms with Crippen LogP contribution in [0.5, 0.6) is 0 Å². The van der Waals surface area contributed by atoms with Gasteiger partial charge in [-0.2, -0.15) is 9.41 Å². The van der Waals surface area contributed by atoms with E-state index in [1.54, 1.807) is 6.21 Å². The molecule has 1 saturated heterocycles. The Bertz CT molecular complexity index is 739. The maximum atomic E-state index is 12.6. The monoisotopic (exact) mass is 368 g/mol. The fourth-order valence-electron chi connectivity index (χ4n) is 2.71. The number of nitrogens with one attached hydrogen (secondary N) is 1. The fraction of sp³-hybridized carbons (Fsp3) is 0.562. The molecule has 138 valence electrons. The van der Waals surface area contributed by atoms with Crippen LogP contribution in [0.3, 0.4) is 0 Å². The quantitative estimate of drug-likeness (QED) is 0.431. The first-order valence-corrected chi connectivity index (χ1v) is 9.92.